The molecule has 0 bridgehead atoms. The number of benzene rings is 2. The standard InChI is InChI=1S/C27H30N2O/c1-27(2,3)16-6-5-7-18-29(4)20-22-11-8-15-25(19-22)30-21-24-13-9-12-23-14-10-17-28-26(23)24/h5,7-15,17,19H,18,20-21H2,1-4H3/b7-5+. The van der Waals surface area contributed by atoms with Crippen LogP contribution < -0.4 is 4.74 Å². The number of fused-ring (bicyclic) bond motifs is 1. The van der Waals surface area contributed by atoms with Crippen LogP contribution in [0.3, 0.4) is 0 Å². The zero-order chi connectivity index (χ0) is 21.4. The molecule has 30 heavy (non-hydrogen) atoms. The van der Waals surface area contributed by atoms with Crippen LogP contribution in [0, 0.1) is 17.3 Å². The zero-order valence-corrected chi connectivity index (χ0v) is 18.4. The third kappa shape index (κ3) is 6.76. The molecule has 0 unspecified atom stereocenters. The molecule has 154 valence electrons. The molecule has 0 aliphatic carbocycles. The molecule has 0 radical (unpaired) electrons. The maximum absolute atomic E-state index is 6.08. The number of likely N-dealkylation sites (N-methyl/N-ethyl adjacent to an activating group) is 1. The van der Waals surface area contributed by atoms with Gasteiger partial charge in [0.2, 0.25) is 0 Å². The fraction of sp³-hybridized carbons (Fsp3) is 0.296. The summed E-state index contributed by atoms with van der Waals surface area (Å²) in [5.74, 6) is 7.21. The van der Waals surface area contributed by atoms with E-state index in [1.807, 2.05) is 36.5 Å². The van der Waals surface area contributed by atoms with Crippen LogP contribution in [0.4, 0.5) is 0 Å². The fourth-order valence-corrected chi connectivity index (χ4v) is 3.10. The molecule has 3 rings (SSSR count). The summed E-state index contributed by atoms with van der Waals surface area (Å²) in [6.45, 7) is 8.56. The quantitative estimate of drug-likeness (QED) is 0.467. The molecule has 0 fully saturated rings. The van der Waals surface area contributed by atoms with E-state index in [2.05, 4.69) is 86.0 Å². The smallest absolute Gasteiger partial charge is 0.120 e. The van der Waals surface area contributed by atoms with Crippen LogP contribution in [0.25, 0.3) is 10.9 Å². The van der Waals surface area contributed by atoms with E-state index in [-0.39, 0.29) is 5.41 Å². The average Bonchev–Trinajstić information content (AvgIpc) is 2.71. The molecule has 2 aromatic carbocycles. The van der Waals surface area contributed by atoms with Crippen LogP contribution in [0.2, 0.25) is 0 Å². The van der Waals surface area contributed by atoms with E-state index in [1.54, 1.807) is 0 Å². The molecule has 0 saturated carbocycles. The van der Waals surface area contributed by atoms with Gasteiger partial charge in [-0.3, -0.25) is 9.88 Å². The Morgan fingerprint density at radius 1 is 1.07 bits per heavy atom. The first-order chi connectivity index (χ1) is 14.4. The third-order valence-electron chi connectivity index (χ3n) is 4.53. The summed E-state index contributed by atoms with van der Waals surface area (Å²) >= 11 is 0. The van der Waals surface area contributed by atoms with Gasteiger partial charge in [0.15, 0.2) is 0 Å². The summed E-state index contributed by atoms with van der Waals surface area (Å²) in [6.07, 6.45) is 5.87. The van der Waals surface area contributed by atoms with Crippen LogP contribution >= 0.6 is 0 Å². The van der Waals surface area contributed by atoms with Crippen molar-refractivity contribution < 1.29 is 4.74 Å². The first-order valence-electron chi connectivity index (χ1n) is 10.3. The summed E-state index contributed by atoms with van der Waals surface area (Å²) in [4.78, 5) is 6.76. The van der Waals surface area contributed by atoms with Crippen LogP contribution in [0.5, 0.6) is 5.75 Å². The van der Waals surface area contributed by atoms with E-state index in [0.29, 0.717) is 6.61 Å². The van der Waals surface area contributed by atoms with Gasteiger partial charge in [0.05, 0.1) is 5.52 Å². The van der Waals surface area contributed by atoms with Crippen LogP contribution in [0.1, 0.15) is 31.9 Å². The van der Waals surface area contributed by atoms with Gasteiger partial charge in [0, 0.05) is 35.7 Å². The van der Waals surface area contributed by atoms with Crippen molar-refractivity contribution in [2.45, 2.75) is 33.9 Å². The summed E-state index contributed by atoms with van der Waals surface area (Å²) < 4.78 is 6.08. The molecule has 1 heterocycles. The minimum Gasteiger partial charge on any atom is -0.489 e. The Kier molecular flexibility index (Phi) is 7.27. The summed E-state index contributed by atoms with van der Waals surface area (Å²) in [5, 5.41) is 1.13. The molecule has 3 nitrogen and oxygen atoms in total. The molecule has 0 saturated heterocycles. The molecule has 3 aromatic rings. The first kappa shape index (κ1) is 21.6. The topological polar surface area (TPSA) is 25.4 Å². The maximum Gasteiger partial charge on any atom is 0.120 e. The Morgan fingerprint density at radius 2 is 1.87 bits per heavy atom. The van der Waals surface area contributed by atoms with E-state index in [0.717, 1.165) is 35.3 Å². The van der Waals surface area contributed by atoms with E-state index >= 15 is 0 Å². The van der Waals surface area contributed by atoms with Gasteiger partial charge < -0.3 is 4.74 Å². The van der Waals surface area contributed by atoms with Crippen molar-refractivity contribution >= 4 is 10.9 Å². The normalized spacial score (nSPS) is 11.6. The Balaban J connectivity index is 1.56. The van der Waals surface area contributed by atoms with Crippen molar-refractivity contribution in [3.05, 3.63) is 84.1 Å². The van der Waals surface area contributed by atoms with Gasteiger partial charge in [-0.15, -0.1) is 0 Å². The molecule has 0 aliphatic heterocycles. The molecule has 0 amide bonds. The van der Waals surface area contributed by atoms with E-state index in [9.17, 15) is 0 Å². The van der Waals surface area contributed by atoms with Gasteiger partial charge in [-0.05, 0) is 57.7 Å². The Labute approximate surface area is 180 Å². The van der Waals surface area contributed by atoms with Gasteiger partial charge >= 0.3 is 0 Å². The van der Waals surface area contributed by atoms with E-state index < -0.39 is 0 Å². The van der Waals surface area contributed by atoms with Crippen LogP contribution in [0.15, 0.2) is 72.9 Å². The molecule has 0 aliphatic rings. The van der Waals surface area contributed by atoms with E-state index in [4.69, 9.17) is 4.74 Å². The Bertz CT molecular complexity index is 1060. The monoisotopic (exact) mass is 398 g/mol. The number of hydrogen-bond donors (Lipinski definition) is 0. The van der Waals surface area contributed by atoms with Gasteiger partial charge in [0.1, 0.15) is 12.4 Å². The zero-order valence-electron chi connectivity index (χ0n) is 18.4. The number of pyridine rings is 1. The lowest BCUT2D eigenvalue weighted by atomic mass is 9.98. The van der Waals surface area contributed by atoms with Gasteiger partial charge in [-0.25, -0.2) is 0 Å². The highest BCUT2D eigenvalue weighted by Gasteiger charge is 2.05. The number of rotatable bonds is 7. The summed E-state index contributed by atoms with van der Waals surface area (Å²) in [5.41, 5.74) is 3.35. The first-order valence-corrected chi connectivity index (χ1v) is 10.3. The van der Waals surface area contributed by atoms with Gasteiger partial charge in [0.25, 0.3) is 0 Å². The van der Waals surface area contributed by atoms with E-state index in [1.165, 1.54) is 5.56 Å². The number of aromatic nitrogens is 1. The lowest BCUT2D eigenvalue weighted by molar-refractivity contribution is 0.306. The Hall–Kier alpha value is -3.09. The fourth-order valence-electron chi connectivity index (χ4n) is 3.10. The van der Waals surface area contributed by atoms with Crippen molar-refractivity contribution in [3.63, 3.8) is 0 Å². The van der Waals surface area contributed by atoms with Crippen molar-refractivity contribution in [2.24, 2.45) is 5.41 Å². The molecule has 3 heteroatoms. The molecule has 0 spiro atoms. The highest BCUT2D eigenvalue weighted by molar-refractivity contribution is 5.81. The van der Waals surface area contributed by atoms with Crippen molar-refractivity contribution in [1.29, 1.82) is 0 Å². The van der Waals surface area contributed by atoms with Crippen molar-refractivity contribution in [2.75, 3.05) is 13.6 Å². The maximum atomic E-state index is 6.08. The molecular weight excluding hydrogens is 368 g/mol. The minimum atomic E-state index is 0.0405. The van der Waals surface area contributed by atoms with Gasteiger partial charge in [-0.2, -0.15) is 0 Å². The second-order valence-electron chi connectivity index (χ2n) is 8.55. The number of hydrogen-bond acceptors (Lipinski definition) is 3. The predicted octanol–water partition coefficient (Wildman–Crippen LogP) is 5.85. The molecule has 1 aromatic heterocycles. The lowest BCUT2D eigenvalue weighted by Crippen LogP contribution is -2.17. The number of para-hydroxylation sites is 1. The van der Waals surface area contributed by atoms with Gasteiger partial charge in [-0.1, -0.05) is 54.3 Å². The second-order valence-corrected chi connectivity index (χ2v) is 8.55. The third-order valence-corrected chi connectivity index (χ3v) is 4.53. The van der Waals surface area contributed by atoms with Crippen molar-refractivity contribution in [3.8, 4) is 17.6 Å². The molecular formula is C27H30N2O. The van der Waals surface area contributed by atoms with Crippen LogP contribution in [-0.2, 0) is 13.2 Å². The highest BCUT2D eigenvalue weighted by atomic mass is 16.5. The van der Waals surface area contributed by atoms with Crippen molar-refractivity contribution in [1.82, 2.24) is 9.88 Å². The lowest BCUT2D eigenvalue weighted by Gasteiger charge is -2.15. The minimum absolute atomic E-state index is 0.0405. The molecule has 0 N–H and O–H groups in total. The number of allylic oxidation sites excluding steroid dienone is 1. The highest BCUT2D eigenvalue weighted by Crippen LogP contribution is 2.20. The number of ether oxygens (including phenoxy) is 1. The average molecular weight is 399 g/mol. The summed E-state index contributed by atoms with van der Waals surface area (Å²) in [7, 11) is 2.11. The predicted molar refractivity (Wildman–Crippen MR) is 125 cm³/mol. The van der Waals surface area contributed by atoms with Crippen LogP contribution in [-0.4, -0.2) is 23.5 Å². The summed E-state index contributed by atoms with van der Waals surface area (Å²) in [6, 6.07) is 18.5. The second kappa shape index (κ2) is 10.1. The largest absolute Gasteiger partial charge is 0.489 e. The molecule has 0 atom stereocenters. The number of nitrogens with zero attached hydrogens (tertiary/aromatic N) is 2. The SMILES string of the molecule is CN(C/C=C/C#CC(C)(C)C)Cc1cccc(OCc2cccc3cccnc23)c1. The Morgan fingerprint density at radius 3 is 2.70 bits per heavy atom.